The molecule has 0 spiro atoms. The van der Waals surface area contributed by atoms with Gasteiger partial charge in [0, 0.05) is 49.4 Å². The van der Waals surface area contributed by atoms with Gasteiger partial charge in [-0.15, -0.1) is 0 Å². The summed E-state index contributed by atoms with van der Waals surface area (Å²) in [6.45, 7) is 9.06. The summed E-state index contributed by atoms with van der Waals surface area (Å²) in [7, 11) is 0. The average Bonchev–Trinajstić information content (AvgIpc) is 2.89. The molecule has 7 heteroatoms. The number of rotatable bonds is 3. The van der Waals surface area contributed by atoms with Crippen LogP contribution in [0, 0.1) is 13.8 Å². The van der Waals surface area contributed by atoms with Crippen LogP contribution in [0.3, 0.4) is 0 Å². The summed E-state index contributed by atoms with van der Waals surface area (Å²) in [6.07, 6.45) is 0.619. The van der Waals surface area contributed by atoms with E-state index in [-0.39, 0.29) is 18.0 Å². The molecule has 37 heavy (non-hydrogen) atoms. The van der Waals surface area contributed by atoms with Gasteiger partial charge in [-0.2, -0.15) is 0 Å². The van der Waals surface area contributed by atoms with E-state index in [1.807, 2.05) is 60.4 Å². The molecule has 3 amide bonds. The zero-order chi connectivity index (χ0) is 25.7. The number of anilines is 2. The normalized spacial score (nSPS) is 22.7. The SMILES string of the molecule is Cc1ccc(C)c(N2CCN(C(=O)c3cccc(N4C(=O)N[C@H]5C[C@@]4(C)Oc4ccccc45)c3)CC2)c1. The van der Waals surface area contributed by atoms with Crippen LogP contribution in [0.25, 0.3) is 0 Å². The van der Waals surface area contributed by atoms with Crippen LogP contribution in [0.15, 0.2) is 66.7 Å². The number of carbonyl (C=O) groups excluding carboxylic acids is 2. The number of aryl methyl sites for hydroxylation is 2. The number of hydrogen-bond donors (Lipinski definition) is 1. The Kier molecular flexibility index (Phi) is 5.59. The molecular weight excluding hydrogens is 464 g/mol. The van der Waals surface area contributed by atoms with E-state index in [9.17, 15) is 9.59 Å². The molecule has 2 bridgehead atoms. The van der Waals surface area contributed by atoms with Crippen molar-refractivity contribution in [2.45, 2.75) is 39.0 Å². The molecule has 3 aliphatic rings. The molecular formula is C30H32N4O3. The molecule has 0 unspecified atom stereocenters. The largest absolute Gasteiger partial charge is 0.467 e. The quantitative estimate of drug-likeness (QED) is 0.552. The second kappa shape index (κ2) is 8.83. The Morgan fingerprint density at radius 1 is 0.973 bits per heavy atom. The predicted octanol–water partition coefficient (Wildman–Crippen LogP) is 5.04. The highest BCUT2D eigenvalue weighted by Gasteiger charge is 2.49. The lowest BCUT2D eigenvalue weighted by Gasteiger charge is -2.50. The van der Waals surface area contributed by atoms with Crippen molar-refractivity contribution < 1.29 is 14.3 Å². The summed E-state index contributed by atoms with van der Waals surface area (Å²) in [5, 5.41) is 3.12. The smallest absolute Gasteiger partial charge is 0.325 e. The third-order valence-electron chi connectivity index (χ3n) is 7.80. The minimum Gasteiger partial charge on any atom is -0.467 e. The van der Waals surface area contributed by atoms with Gasteiger partial charge in [-0.3, -0.25) is 9.69 Å². The van der Waals surface area contributed by atoms with E-state index >= 15 is 0 Å². The van der Waals surface area contributed by atoms with Crippen LogP contribution in [-0.4, -0.2) is 48.7 Å². The number of fused-ring (bicyclic) bond motifs is 4. The standard InChI is InChI=1S/C30H32N4O3/c1-20-11-12-21(2)26(17-20)32-13-15-33(16-14-32)28(35)22-7-6-8-23(18-22)34-29(36)31-25-19-30(34,3)37-27-10-5-4-9-24(25)27/h4-12,17-18,25H,13-16,19H2,1-3H3,(H,31,36)/t25-,30+/m0/s1. The van der Waals surface area contributed by atoms with Crippen molar-refractivity contribution in [1.29, 1.82) is 0 Å². The van der Waals surface area contributed by atoms with E-state index in [1.54, 1.807) is 4.90 Å². The Bertz CT molecular complexity index is 1380. The molecule has 0 aromatic heterocycles. The fraction of sp³-hybridized carbons (Fsp3) is 0.333. The van der Waals surface area contributed by atoms with E-state index in [0.717, 1.165) is 24.4 Å². The Morgan fingerprint density at radius 2 is 1.76 bits per heavy atom. The monoisotopic (exact) mass is 496 g/mol. The van der Waals surface area contributed by atoms with Crippen LogP contribution in [0.5, 0.6) is 5.75 Å². The summed E-state index contributed by atoms with van der Waals surface area (Å²) < 4.78 is 6.38. The number of piperazine rings is 1. The minimum atomic E-state index is -0.847. The number of nitrogens with zero attached hydrogens (tertiary/aromatic N) is 3. The van der Waals surface area contributed by atoms with Crippen molar-refractivity contribution in [2.24, 2.45) is 0 Å². The first-order valence-corrected chi connectivity index (χ1v) is 12.9. The van der Waals surface area contributed by atoms with Gasteiger partial charge in [0.2, 0.25) is 0 Å². The summed E-state index contributed by atoms with van der Waals surface area (Å²) in [6, 6.07) is 21.4. The maximum absolute atomic E-state index is 13.5. The van der Waals surface area contributed by atoms with Gasteiger partial charge in [-0.25, -0.2) is 4.79 Å². The first kappa shape index (κ1) is 23.4. The van der Waals surface area contributed by atoms with Gasteiger partial charge in [0.1, 0.15) is 5.75 Å². The van der Waals surface area contributed by atoms with Crippen molar-refractivity contribution >= 4 is 23.3 Å². The van der Waals surface area contributed by atoms with E-state index in [4.69, 9.17) is 4.74 Å². The van der Waals surface area contributed by atoms with E-state index < -0.39 is 5.72 Å². The third-order valence-corrected chi connectivity index (χ3v) is 7.80. The van der Waals surface area contributed by atoms with E-state index in [0.29, 0.717) is 30.8 Å². The maximum atomic E-state index is 13.5. The molecule has 0 saturated carbocycles. The van der Waals surface area contributed by atoms with Crippen LogP contribution in [0.1, 0.15) is 46.4 Å². The second-order valence-corrected chi connectivity index (χ2v) is 10.5. The molecule has 6 rings (SSSR count). The Balaban J connectivity index is 1.21. The van der Waals surface area contributed by atoms with Crippen LogP contribution in [0.2, 0.25) is 0 Å². The summed E-state index contributed by atoms with van der Waals surface area (Å²) in [5.41, 5.74) is 5.11. The molecule has 3 aromatic carbocycles. The average molecular weight is 497 g/mol. The molecule has 3 heterocycles. The Labute approximate surface area is 217 Å². The number of nitrogens with one attached hydrogen (secondary N) is 1. The molecule has 2 atom stereocenters. The van der Waals surface area contributed by atoms with Gasteiger partial charge in [0.15, 0.2) is 5.72 Å². The summed E-state index contributed by atoms with van der Waals surface area (Å²) in [5.74, 6) is 0.762. The highest BCUT2D eigenvalue weighted by molar-refractivity contribution is 5.99. The maximum Gasteiger partial charge on any atom is 0.325 e. The fourth-order valence-electron chi connectivity index (χ4n) is 5.88. The Hall–Kier alpha value is -4.00. The van der Waals surface area contributed by atoms with Crippen molar-refractivity contribution in [3.05, 3.63) is 89.0 Å². The number of hydrogen-bond acceptors (Lipinski definition) is 4. The highest BCUT2D eigenvalue weighted by Crippen LogP contribution is 2.45. The highest BCUT2D eigenvalue weighted by atomic mass is 16.5. The van der Waals surface area contributed by atoms with Crippen LogP contribution < -0.4 is 19.9 Å². The van der Waals surface area contributed by atoms with Crippen molar-refractivity contribution in [3.63, 3.8) is 0 Å². The van der Waals surface area contributed by atoms with Crippen molar-refractivity contribution in [1.82, 2.24) is 10.2 Å². The lowest BCUT2D eigenvalue weighted by atomic mass is 9.90. The lowest BCUT2D eigenvalue weighted by molar-refractivity contribution is 0.0378. The molecule has 7 nitrogen and oxygen atoms in total. The van der Waals surface area contributed by atoms with Crippen LogP contribution >= 0.6 is 0 Å². The summed E-state index contributed by atoms with van der Waals surface area (Å²) >= 11 is 0. The zero-order valence-corrected chi connectivity index (χ0v) is 21.5. The fourth-order valence-corrected chi connectivity index (χ4v) is 5.88. The summed E-state index contributed by atoms with van der Waals surface area (Å²) in [4.78, 5) is 32.7. The molecule has 0 aliphatic carbocycles. The number of ether oxygens (including phenoxy) is 1. The molecule has 190 valence electrons. The third kappa shape index (κ3) is 4.08. The first-order chi connectivity index (χ1) is 17.8. The molecule has 2 saturated heterocycles. The number of para-hydroxylation sites is 1. The predicted molar refractivity (Wildman–Crippen MR) is 144 cm³/mol. The zero-order valence-electron chi connectivity index (χ0n) is 21.5. The molecule has 3 aliphatic heterocycles. The molecule has 1 N–H and O–H groups in total. The molecule has 0 radical (unpaired) electrons. The first-order valence-electron chi connectivity index (χ1n) is 12.9. The lowest BCUT2D eigenvalue weighted by Crippen LogP contribution is -2.65. The number of amides is 3. The van der Waals surface area contributed by atoms with Gasteiger partial charge < -0.3 is 19.9 Å². The van der Waals surface area contributed by atoms with Gasteiger partial charge in [-0.05, 0) is 62.2 Å². The molecule has 3 aromatic rings. The van der Waals surface area contributed by atoms with Gasteiger partial charge in [0.25, 0.3) is 5.91 Å². The van der Waals surface area contributed by atoms with Gasteiger partial charge in [0.05, 0.1) is 11.7 Å². The van der Waals surface area contributed by atoms with Gasteiger partial charge >= 0.3 is 6.03 Å². The number of urea groups is 1. The Morgan fingerprint density at radius 3 is 2.57 bits per heavy atom. The van der Waals surface area contributed by atoms with Crippen molar-refractivity contribution in [3.8, 4) is 5.75 Å². The van der Waals surface area contributed by atoms with E-state index in [2.05, 4.69) is 42.3 Å². The molecule has 2 fully saturated rings. The topological polar surface area (TPSA) is 65.1 Å². The number of carbonyl (C=O) groups is 2. The van der Waals surface area contributed by atoms with E-state index in [1.165, 1.54) is 16.8 Å². The van der Waals surface area contributed by atoms with Crippen LogP contribution in [0.4, 0.5) is 16.2 Å². The van der Waals surface area contributed by atoms with Gasteiger partial charge in [-0.1, -0.05) is 36.4 Å². The number of benzene rings is 3. The second-order valence-electron chi connectivity index (χ2n) is 10.5. The van der Waals surface area contributed by atoms with Crippen LogP contribution in [-0.2, 0) is 0 Å². The van der Waals surface area contributed by atoms with Crippen molar-refractivity contribution in [2.75, 3.05) is 36.0 Å². The minimum absolute atomic E-state index is 0.0159.